The largest absolute Gasteiger partial charge is 0.337 e. The molecular weight excluding hydrogens is 641 g/mol. The lowest BCUT2D eigenvalue weighted by atomic mass is 9.44. The van der Waals surface area contributed by atoms with Gasteiger partial charge in [-0.15, -0.1) is 0 Å². The van der Waals surface area contributed by atoms with Gasteiger partial charge in [0.15, 0.2) is 0 Å². The molecular formula is C46H40N4O2. The molecule has 0 aliphatic heterocycles. The summed E-state index contributed by atoms with van der Waals surface area (Å²) in [6.45, 7) is 1.33. The van der Waals surface area contributed by atoms with E-state index in [1.807, 2.05) is 6.07 Å². The molecule has 6 nitrogen and oxygen atoms in total. The van der Waals surface area contributed by atoms with E-state index in [1.165, 1.54) is 54.9 Å². The maximum absolute atomic E-state index is 13.5. The lowest BCUT2D eigenvalue weighted by Crippen LogP contribution is -2.58. The number of urea groups is 2. The van der Waals surface area contributed by atoms with Crippen molar-refractivity contribution in [2.75, 3.05) is 23.7 Å². The molecule has 4 amide bonds. The van der Waals surface area contributed by atoms with Crippen molar-refractivity contribution in [3.8, 4) is 0 Å². The summed E-state index contributed by atoms with van der Waals surface area (Å²) in [5, 5.41) is 27.4. The van der Waals surface area contributed by atoms with Crippen molar-refractivity contribution in [3.05, 3.63) is 109 Å². The number of hydrogen-bond donors (Lipinski definition) is 4. The summed E-state index contributed by atoms with van der Waals surface area (Å²) in [5.41, 5.74) is 1.78. The normalized spacial score (nSPS) is 23.8. The van der Waals surface area contributed by atoms with Gasteiger partial charge in [-0.25, -0.2) is 9.59 Å². The number of hydrogen-bond acceptors (Lipinski definition) is 2. The van der Waals surface area contributed by atoms with Gasteiger partial charge in [-0.2, -0.15) is 0 Å². The molecule has 2 atom stereocenters. The minimum atomic E-state index is -0.150. The first-order chi connectivity index (χ1) is 25.4. The molecule has 0 radical (unpaired) electrons. The van der Waals surface area contributed by atoms with Gasteiger partial charge in [-0.1, -0.05) is 91.0 Å². The average Bonchev–Trinajstić information content (AvgIpc) is 3.14. The number of carbonyl (C=O) groups excluding carboxylic acids is 2. The number of benzene rings is 8. The van der Waals surface area contributed by atoms with E-state index in [0.29, 0.717) is 24.9 Å². The summed E-state index contributed by atoms with van der Waals surface area (Å²) in [6.07, 6.45) is 6.92. The molecule has 0 saturated heterocycles. The van der Waals surface area contributed by atoms with Gasteiger partial charge in [-0.3, -0.25) is 0 Å². The van der Waals surface area contributed by atoms with Crippen molar-refractivity contribution in [1.29, 1.82) is 0 Å². The maximum Gasteiger partial charge on any atom is 0.319 e. The second-order valence-electron chi connectivity index (χ2n) is 16.6. The van der Waals surface area contributed by atoms with Gasteiger partial charge in [0.2, 0.25) is 0 Å². The highest BCUT2D eigenvalue weighted by Crippen LogP contribution is 2.65. The van der Waals surface area contributed by atoms with Gasteiger partial charge >= 0.3 is 12.1 Å². The van der Waals surface area contributed by atoms with Crippen molar-refractivity contribution >= 4 is 88.1 Å². The highest BCUT2D eigenvalue weighted by Gasteiger charge is 2.57. The Hall–Kier alpha value is -5.62. The number of amides is 4. The molecule has 0 heterocycles. The Balaban J connectivity index is 0.780. The molecule has 6 heteroatoms. The molecule has 0 spiro atoms. The Labute approximate surface area is 301 Å². The van der Waals surface area contributed by atoms with E-state index in [9.17, 15) is 9.59 Å². The fourth-order valence-electron chi connectivity index (χ4n) is 11.6. The van der Waals surface area contributed by atoms with Crippen LogP contribution < -0.4 is 21.3 Å². The summed E-state index contributed by atoms with van der Waals surface area (Å²) < 4.78 is 0. The van der Waals surface area contributed by atoms with Crippen molar-refractivity contribution < 1.29 is 9.59 Å². The summed E-state index contributed by atoms with van der Waals surface area (Å²) in [4.78, 5) is 27.0. The average molecular weight is 681 g/mol. The number of rotatable bonds is 6. The van der Waals surface area contributed by atoms with E-state index in [2.05, 4.69) is 124 Å². The standard InChI is InChI=1S/C46H40N4O2/c51-43(49-36-18-34-11-9-29-3-1-4-30-10-12-35(19-36)41(34)39(29)30)47-25-45-20-27-17-28(21-45)23-46(22-27,24-45)26-48-44(52)50-38-16-14-33-8-7-31-5-2-6-32-13-15-37(38)42(33)40(31)32/h1-16,18-19,27-28H,17,20-26H2,(H2,47,49,51)(H2,48,50,52). The summed E-state index contributed by atoms with van der Waals surface area (Å²) in [7, 11) is 0. The molecule has 8 aromatic carbocycles. The Morgan fingerprint density at radius 1 is 0.519 bits per heavy atom. The second kappa shape index (κ2) is 10.9. The molecule has 4 aliphatic rings. The SMILES string of the molecule is O=C(NCC12CC3CC(C1)CC(CNC(=O)Nc1ccc4ccc5cccc6ccc1c4c56)(C3)C2)Nc1cc2ccc3cccc4ccc(c1)c2c34. The van der Waals surface area contributed by atoms with Gasteiger partial charge in [0, 0.05) is 24.2 Å². The fourth-order valence-corrected chi connectivity index (χ4v) is 11.6. The number of carbonyl (C=O) groups is 2. The Morgan fingerprint density at radius 2 is 0.962 bits per heavy atom. The van der Waals surface area contributed by atoms with E-state index in [1.54, 1.807) is 0 Å². The van der Waals surface area contributed by atoms with Crippen LogP contribution in [0, 0.1) is 22.7 Å². The first-order valence-electron chi connectivity index (χ1n) is 18.8. The molecule has 4 bridgehead atoms. The van der Waals surface area contributed by atoms with Gasteiger partial charge in [0.25, 0.3) is 0 Å². The van der Waals surface area contributed by atoms with Crippen LogP contribution in [0.5, 0.6) is 0 Å². The van der Waals surface area contributed by atoms with Crippen LogP contribution >= 0.6 is 0 Å². The molecule has 4 aliphatic carbocycles. The zero-order valence-corrected chi connectivity index (χ0v) is 29.0. The van der Waals surface area contributed by atoms with E-state index in [0.717, 1.165) is 59.6 Å². The monoisotopic (exact) mass is 680 g/mol. The topological polar surface area (TPSA) is 82.3 Å². The van der Waals surface area contributed by atoms with Crippen LogP contribution in [0.25, 0.3) is 64.6 Å². The van der Waals surface area contributed by atoms with E-state index >= 15 is 0 Å². The lowest BCUT2D eigenvalue weighted by Gasteiger charge is -2.62. The minimum absolute atomic E-state index is 0.0667. The Kier molecular flexibility index (Phi) is 6.32. The van der Waals surface area contributed by atoms with E-state index < -0.39 is 0 Å². The summed E-state index contributed by atoms with van der Waals surface area (Å²) in [5.74, 6) is 1.29. The molecule has 4 fully saturated rings. The molecule has 52 heavy (non-hydrogen) atoms. The van der Waals surface area contributed by atoms with Gasteiger partial charge < -0.3 is 21.3 Å². The molecule has 12 rings (SSSR count). The minimum Gasteiger partial charge on any atom is -0.337 e. The van der Waals surface area contributed by atoms with Crippen LogP contribution in [-0.2, 0) is 0 Å². The first kappa shape index (κ1) is 30.0. The zero-order chi connectivity index (χ0) is 34.6. The smallest absolute Gasteiger partial charge is 0.319 e. The third-order valence-electron chi connectivity index (χ3n) is 13.0. The lowest BCUT2D eigenvalue weighted by molar-refractivity contribution is -0.105. The first-order valence-corrected chi connectivity index (χ1v) is 18.8. The van der Waals surface area contributed by atoms with Crippen molar-refractivity contribution in [3.63, 3.8) is 0 Å². The predicted octanol–water partition coefficient (Wildman–Crippen LogP) is 11.0. The second-order valence-corrected chi connectivity index (χ2v) is 16.6. The van der Waals surface area contributed by atoms with Crippen LogP contribution in [0.2, 0.25) is 0 Å². The maximum atomic E-state index is 13.5. The zero-order valence-electron chi connectivity index (χ0n) is 29.0. The highest BCUT2D eigenvalue weighted by atomic mass is 16.2. The van der Waals surface area contributed by atoms with E-state index in [-0.39, 0.29) is 22.9 Å². The molecule has 0 aromatic heterocycles. The molecule has 4 saturated carbocycles. The third-order valence-corrected chi connectivity index (χ3v) is 13.0. The van der Waals surface area contributed by atoms with Crippen LogP contribution in [0.4, 0.5) is 21.0 Å². The van der Waals surface area contributed by atoms with Crippen molar-refractivity contribution in [1.82, 2.24) is 10.6 Å². The van der Waals surface area contributed by atoms with Crippen molar-refractivity contribution in [2.45, 2.75) is 38.5 Å². The molecule has 4 N–H and O–H groups in total. The molecule has 256 valence electrons. The highest BCUT2D eigenvalue weighted by molar-refractivity contribution is 6.26. The molecule has 8 aromatic rings. The number of anilines is 2. The van der Waals surface area contributed by atoms with Gasteiger partial charge in [-0.05, 0) is 139 Å². The predicted molar refractivity (Wildman–Crippen MR) is 214 cm³/mol. The van der Waals surface area contributed by atoms with Gasteiger partial charge in [0.05, 0.1) is 5.69 Å². The quantitative estimate of drug-likeness (QED) is 0.132. The van der Waals surface area contributed by atoms with Crippen molar-refractivity contribution in [2.24, 2.45) is 22.7 Å². The summed E-state index contributed by atoms with van der Waals surface area (Å²) in [6, 6.07) is 38.1. The third kappa shape index (κ3) is 4.69. The Morgan fingerprint density at radius 3 is 1.54 bits per heavy atom. The number of nitrogens with one attached hydrogen (secondary N) is 4. The fraction of sp³-hybridized carbons (Fsp3) is 0.261. The van der Waals surface area contributed by atoms with Crippen LogP contribution in [0.1, 0.15) is 38.5 Å². The van der Waals surface area contributed by atoms with E-state index in [4.69, 9.17) is 0 Å². The van der Waals surface area contributed by atoms with Crippen LogP contribution in [0.3, 0.4) is 0 Å². The van der Waals surface area contributed by atoms with Crippen LogP contribution in [-0.4, -0.2) is 25.2 Å². The molecule has 2 unspecified atom stereocenters. The summed E-state index contributed by atoms with van der Waals surface area (Å²) >= 11 is 0. The Bertz CT molecular complexity index is 2640. The van der Waals surface area contributed by atoms with Gasteiger partial charge in [0.1, 0.15) is 0 Å². The van der Waals surface area contributed by atoms with Crippen LogP contribution in [0.15, 0.2) is 109 Å².